The first-order valence-corrected chi connectivity index (χ1v) is 7.93. The lowest BCUT2D eigenvalue weighted by Crippen LogP contribution is -2.45. The SMILES string of the molecule is CC(C)CNC(=O)C(C)NC(=O)c1ccc(Br)cc1Br. The molecule has 0 aliphatic rings. The van der Waals surface area contributed by atoms with Crippen LogP contribution in [0.4, 0.5) is 0 Å². The molecule has 1 rings (SSSR count). The molecule has 0 aromatic heterocycles. The monoisotopic (exact) mass is 404 g/mol. The molecule has 20 heavy (non-hydrogen) atoms. The fourth-order valence-electron chi connectivity index (χ4n) is 1.47. The van der Waals surface area contributed by atoms with Gasteiger partial charge >= 0.3 is 0 Å². The summed E-state index contributed by atoms with van der Waals surface area (Å²) in [5.41, 5.74) is 0.497. The van der Waals surface area contributed by atoms with Gasteiger partial charge in [0, 0.05) is 15.5 Å². The van der Waals surface area contributed by atoms with E-state index in [0.717, 1.165) is 4.47 Å². The van der Waals surface area contributed by atoms with Gasteiger partial charge in [0.25, 0.3) is 5.91 Å². The molecule has 0 aliphatic heterocycles. The minimum atomic E-state index is -0.572. The Morgan fingerprint density at radius 3 is 2.40 bits per heavy atom. The summed E-state index contributed by atoms with van der Waals surface area (Å²) >= 11 is 6.66. The summed E-state index contributed by atoms with van der Waals surface area (Å²) in [5.74, 6) is -0.0840. The Bertz CT molecular complexity index is 504. The molecule has 6 heteroatoms. The quantitative estimate of drug-likeness (QED) is 0.790. The van der Waals surface area contributed by atoms with Gasteiger partial charge in [-0.2, -0.15) is 0 Å². The van der Waals surface area contributed by atoms with Crippen LogP contribution in [0.25, 0.3) is 0 Å². The lowest BCUT2D eigenvalue weighted by Gasteiger charge is -2.15. The fourth-order valence-corrected chi connectivity index (χ4v) is 2.70. The molecule has 0 aliphatic carbocycles. The summed E-state index contributed by atoms with van der Waals surface area (Å²) < 4.78 is 1.56. The van der Waals surface area contributed by atoms with Crippen molar-refractivity contribution in [1.82, 2.24) is 10.6 Å². The van der Waals surface area contributed by atoms with E-state index in [1.165, 1.54) is 0 Å². The van der Waals surface area contributed by atoms with Gasteiger partial charge in [0.05, 0.1) is 5.56 Å². The van der Waals surface area contributed by atoms with E-state index in [1.54, 1.807) is 25.1 Å². The second kappa shape index (κ2) is 7.78. The van der Waals surface area contributed by atoms with Crippen LogP contribution in [0.1, 0.15) is 31.1 Å². The maximum absolute atomic E-state index is 12.1. The minimum absolute atomic E-state index is 0.180. The van der Waals surface area contributed by atoms with Gasteiger partial charge < -0.3 is 10.6 Å². The highest BCUT2D eigenvalue weighted by molar-refractivity contribution is 9.11. The lowest BCUT2D eigenvalue weighted by molar-refractivity contribution is -0.122. The van der Waals surface area contributed by atoms with E-state index in [2.05, 4.69) is 42.5 Å². The van der Waals surface area contributed by atoms with Gasteiger partial charge in [0.2, 0.25) is 5.91 Å². The average molecular weight is 406 g/mol. The predicted molar refractivity (Wildman–Crippen MR) is 86.6 cm³/mol. The molecule has 0 saturated carbocycles. The number of carbonyl (C=O) groups excluding carboxylic acids is 2. The van der Waals surface area contributed by atoms with Crippen LogP contribution in [0.15, 0.2) is 27.1 Å². The highest BCUT2D eigenvalue weighted by Gasteiger charge is 2.18. The van der Waals surface area contributed by atoms with Gasteiger partial charge in [-0.25, -0.2) is 0 Å². The van der Waals surface area contributed by atoms with Crippen molar-refractivity contribution in [2.24, 2.45) is 5.92 Å². The molecule has 0 spiro atoms. The highest BCUT2D eigenvalue weighted by Crippen LogP contribution is 2.21. The van der Waals surface area contributed by atoms with Crippen molar-refractivity contribution in [3.05, 3.63) is 32.7 Å². The lowest BCUT2D eigenvalue weighted by atomic mass is 10.2. The Balaban J connectivity index is 2.63. The van der Waals surface area contributed by atoms with Crippen molar-refractivity contribution in [3.8, 4) is 0 Å². The molecule has 0 fully saturated rings. The number of rotatable bonds is 5. The topological polar surface area (TPSA) is 58.2 Å². The summed E-state index contributed by atoms with van der Waals surface area (Å²) in [6.07, 6.45) is 0. The highest BCUT2D eigenvalue weighted by atomic mass is 79.9. The van der Waals surface area contributed by atoms with E-state index in [9.17, 15) is 9.59 Å². The van der Waals surface area contributed by atoms with Crippen molar-refractivity contribution >= 4 is 43.7 Å². The Morgan fingerprint density at radius 2 is 1.85 bits per heavy atom. The van der Waals surface area contributed by atoms with Crippen LogP contribution in [-0.2, 0) is 4.79 Å². The molecule has 4 nitrogen and oxygen atoms in total. The third-order valence-electron chi connectivity index (χ3n) is 2.60. The van der Waals surface area contributed by atoms with E-state index in [0.29, 0.717) is 22.5 Å². The molecule has 1 aromatic rings. The number of carbonyl (C=O) groups is 2. The minimum Gasteiger partial charge on any atom is -0.354 e. The van der Waals surface area contributed by atoms with E-state index in [4.69, 9.17) is 0 Å². The third-order valence-corrected chi connectivity index (χ3v) is 3.75. The van der Waals surface area contributed by atoms with Crippen molar-refractivity contribution < 1.29 is 9.59 Å². The number of benzene rings is 1. The standard InChI is InChI=1S/C14H18Br2N2O2/c1-8(2)7-17-13(19)9(3)18-14(20)11-5-4-10(15)6-12(11)16/h4-6,8-9H,7H2,1-3H3,(H,17,19)(H,18,20). The molecule has 110 valence electrons. The molecule has 1 unspecified atom stereocenters. The van der Waals surface area contributed by atoms with Crippen molar-refractivity contribution in [3.63, 3.8) is 0 Å². The second-order valence-electron chi connectivity index (χ2n) is 4.96. The maximum atomic E-state index is 12.1. The van der Waals surface area contributed by atoms with Gasteiger partial charge in [-0.05, 0) is 47.0 Å². The van der Waals surface area contributed by atoms with E-state index < -0.39 is 6.04 Å². The number of halogens is 2. The predicted octanol–water partition coefficient (Wildman–Crippen LogP) is 3.10. The van der Waals surface area contributed by atoms with Crippen LogP contribution in [-0.4, -0.2) is 24.4 Å². The summed E-state index contributed by atoms with van der Waals surface area (Å²) in [6, 6.07) is 4.70. The first-order chi connectivity index (χ1) is 9.31. The van der Waals surface area contributed by atoms with E-state index in [-0.39, 0.29) is 11.8 Å². The zero-order chi connectivity index (χ0) is 15.3. The Hall–Kier alpha value is -0.880. The number of nitrogens with one attached hydrogen (secondary N) is 2. The Kier molecular flexibility index (Phi) is 6.68. The average Bonchev–Trinajstić information content (AvgIpc) is 2.35. The van der Waals surface area contributed by atoms with Gasteiger partial charge in [-0.15, -0.1) is 0 Å². The molecular formula is C14H18Br2N2O2. The van der Waals surface area contributed by atoms with Crippen molar-refractivity contribution in [1.29, 1.82) is 0 Å². The molecule has 1 atom stereocenters. The third kappa shape index (κ3) is 5.25. The molecule has 2 N–H and O–H groups in total. The molecule has 0 radical (unpaired) electrons. The van der Waals surface area contributed by atoms with Gasteiger partial charge in [-0.1, -0.05) is 29.8 Å². The fraction of sp³-hybridized carbons (Fsp3) is 0.429. The van der Waals surface area contributed by atoms with Crippen LogP contribution in [0.3, 0.4) is 0 Å². The number of amides is 2. The molecule has 1 aromatic carbocycles. The van der Waals surface area contributed by atoms with Crippen LogP contribution in [0.2, 0.25) is 0 Å². The Morgan fingerprint density at radius 1 is 1.20 bits per heavy atom. The van der Waals surface area contributed by atoms with Crippen molar-refractivity contribution in [2.75, 3.05) is 6.54 Å². The van der Waals surface area contributed by atoms with Gasteiger partial charge in [0.15, 0.2) is 0 Å². The zero-order valence-electron chi connectivity index (χ0n) is 11.7. The number of hydrogen-bond donors (Lipinski definition) is 2. The van der Waals surface area contributed by atoms with Gasteiger partial charge in [-0.3, -0.25) is 9.59 Å². The van der Waals surface area contributed by atoms with Crippen LogP contribution in [0.5, 0.6) is 0 Å². The van der Waals surface area contributed by atoms with Crippen LogP contribution < -0.4 is 10.6 Å². The Labute approximate surface area is 136 Å². The molecule has 0 heterocycles. The molecule has 0 saturated heterocycles. The van der Waals surface area contributed by atoms with Crippen LogP contribution >= 0.6 is 31.9 Å². The molecule has 0 bridgehead atoms. The van der Waals surface area contributed by atoms with E-state index in [1.807, 2.05) is 13.8 Å². The van der Waals surface area contributed by atoms with Gasteiger partial charge in [0.1, 0.15) is 6.04 Å². The number of hydrogen-bond acceptors (Lipinski definition) is 2. The molecule has 2 amide bonds. The maximum Gasteiger partial charge on any atom is 0.253 e. The van der Waals surface area contributed by atoms with E-state index >= 15 is 0 Å². The molecular weight excluding hydrogens is 388 g/mol. The summed E-state index contributed by atoms with van der Waals surface area (Å²) in [6.45, 7) is 6.30. The largest absolute Gasteiger partial charge is 0.354 e. The summed E-state index contributed by atoms with van der Waals surface area (Å²) in [5, 5.41) is 5.47. The first kappa shape index (κ1) is 17.2. The van der Waals surface area contributed by atoms with Crippen molar-refractivity contribution in [2.45, 2.75) is 26.8 Å². The summed E-state index contributed by atoms with van der Waals surface area (Å²) in [7, 11) is 0. The first-order valence-electron chi connectivity index (χ1n) is 6.35. The summed E-state index contributed by atoms with van der Waals surface area (Å²) in [4.78, 5) is 23.9. The normalized spacial score (nSPS) is 12.1. The second-order valence-corrected chi connectivity index (χ2v) is 6.73. The smallest absolute Gasteiger partial charge is 0.253 e. The van der Waals surface area contributed by atoms with Crippen LogP contribution in [0, 0.1) is 5.92 Å². The zero-order valence-corrected chi connectivity index (χ0v) is 14.8.